The van der Waals surface area contributed by atoms with E-state index in [1.54, 1.807) is 0 Å². The Morgan fingerprint density at radius 2 is 2.14 bits per heavy atom. The summed E-state index contributed by atoms with van der Waals surface area (Å²) in [7, 11) is 0. The fourth-order valence-electron chi connectivity index (χ4n) is 3.19. The number of carbonyl (C=O) groups is 1. The molecule has 2 saturated heterocycles. The Kier molecular flexibility index (Phi) is 3.80. The lowest BCUT2D eigenvalue weighted by Crippen LogP contribution is -2.47. The van der Waals surface area contributed by atoms with E-state index in [4.69, 9.17) is 0 Å². The number of halogens is 4. The van der Waals surface area contributed by atoms with Crippen LogP contribution in [0.4, 0.5) is 17.6 Å². The number of alkyl halides is 3. The number of amides is 1. The van der Waals surface area contributed by atoms with Crippen LogP contribution in [-0.2, 0) is 6.18 Å². The molecule has 1 amide bonds. The minimum absolute atomic E-state index is 0.0686. The average Bonchev–Trinajstić information content (AvgIpc) is 2.76. The second kappa shape index (κ2) is 5.49. The molecule has 2 aliphatic heterocycles. The molecule has 0 aromatic carbocycles. The third-order valence-electron chi connectivity index (χ3n) is 4.19. The SMILES string of the molecule is O=C(NC1CC2CCN(C2)C1)c1cc(F)c(C(F)(F)F)cn1. The van der Waals surface area contributed by atoms with Crippen LogP contribution in [0.1, 0.15) is 28.9 Å². The summed E-state index contributed by atoms with van der Waals surface area (Å²) in [6.45, 7) is 2.75. The number of aromatic nitrogens is 1. The van der Waals surface area contributed by atoms with E-state index in [9.17, 15) is 22.4 Å². The highest BCUT2D eigenvalue weighted by Crippen LogP contribution is 2.31. The molecular formula is C14H15F4N3O. The van der Waals surface area contributed by atoms with Crippen molar-refractivity contribution in [2.24, 2.45) is 5.92 Å². The minimum Gasteiger partial charge on any atom is -0.347 e. The summed E-state index contributed by atoms with van der Waals surface area (Å²) < 4.78 is 50.9. The number of nitrogens with one attached hydrogen (secondary N) is 1. The molecule has 8 heteroatoms. The Bertz CT molecular complexity index is 578. The predicted octanol–water partition coefficient (Wildman–Crippen LogP) is 2.06. The Morgan fingerprint density at radius 1 is 1.36 bits per heavy atom. The number of rotatable bonds is 2. The lowest BCUT2D eigenvalue weighted by atomic mass is 9.97. The van der Waals surface area contributed by atoms with Crippen LogP contribution in [0.5, 0.6) is 0 Å². The van der Waals surface area contributed by atoms with Crippen LogP contribution in [0.25, 0.3) is 0 Å². The van der Waals surface area contributed by atoms with E-state index < -0.39 is 23.5 Å². The first-order chi connectivity index (χ1) is 10.3. The van der Waals surface area contributed by atoms with Crippen LogP contribution < -0.4 is 5.32 Å². The number of carbonyl (C=O) groups excluding carboxylic acids is 1. The third-order valence-corrected chi connectivity index (χ3v) is 4.19. The van der Waals surface area contributed by atoms with Gasteiger partial charge in [0.25, 0.3) is 5.91 Å². The van der Waals surface area contributed by atoms with Crippen molar-refractivity contribution in [3.05, 3.63) is 29.3 Å². The highest BCUT2D eigenvalue weighted by molar-refractivity contribution is 5.92. The Labute approximate surface area is 124 Å². The Morgan fingerprint density at radius 3 is 2.77 bits per heavy atom. The van der Waals surface area contributed by atoms with Gasteiger partial charge in [0.05, 0.1) is 0 Å². The number of hydrogen-bond donors (Lipinski definition) is 1. The van der Waals surface area contributed by atoms with Gasteiger partial charge >= 0.3 is 6.18 Å². The fourth-order valence-corrected chi connectivity index (χ4v) is 3.19. The molecule has 2 fully saturated rings. The highest BCUT2D eigenvalue weighted by Gasteiger charge is 2.36. The Balaban J connectivity index is 1.69. The smallest absolute Gasteiger partial charge is 0.347 e. The molecule has 0 saturated carbocycles. The van der Waals surface area contributed by atoms with Crippen molar-refractivity contribution in [1.29, 1.82) is 0 Å². The van der Waals surface area contributed by atoms with Gasteiger partial charge in [-0.2, -0.15) is 13.2 Å². The molecular weight excluding hydrogens is 302 g/mol. The summed E-state index contributed by atoms with van der Waals surface area (Å²) in [6.07, 6.45) is -2.52. The van der Waals surface area contributed by atoms with Crippen LogP contribution in [0.3, 0.4) is 0 Å². The van der Waals surface area contributed by atoms with E-state index >= 15 is 0 Å². The van der Waals surface area contributed by atoms with E-state index in [0.29, 0.717) is 24.7 Å². The van der Waals surface area contributed by atoms with Gasteiger partial charge in [-0.3, -0.25) is 9.78 Å². The number of pyridine rings is 1. The second-order valence-corrected chi connectivity index (χ2v) is 5.87. The molecule has 4 nitrogen and oxygen atoms in total. The summed E-state index contributed by atoms with van der Waals surface area (Å²) in [5.74, 6) is -1.59. The lowest BCUT2D eigenvalue weighted by molar-refractivity contribution is -0.140. The van der Waals surface area contributed by atoms with E-state index in [1.165, 1.54) is 0 Å². The van der Waals surface area contributed by atoms with E-state index in [1.807, 2.05) is 0 Å². The van der Waals surface area contributed by atoms with Crippen molar-refractivity contribution in [2.75, 3.05) is 19.6 Å². The van der Waals surface area contributed by atoms with Crippen molar-refractivity contribution in [3.63, 3.8) is 0 Å². The molecule has 0 radical (unpaired) electrons. The summed E-state index contributed by atoms with van der Waals surface area (Å²) in [6, 6.07) is 0.469. The molecule has 0 aliphatic carbocycles. The lowest BCUT2D eigenvalue weighted by Gasteiger charge is -2.30. The van der Waals surface area contributed by atoms with E-state index in [2.05, 4.69) is 15.2 Å². The number of piperidine rings is 1. The molecule has 2 aliphatic rings. The topological polar surface area (TPSA) is 45.2 Å². The summed E-state index contributed by atoms with van der Waals surface area (Å²) in [4.78, 5) is 17.7. The maximum absolute atomic E-state index is 13.5. The average molecular weight is 317 g/mol. The molecule has 0 spiro atoms. The molecule has 22 heavy (non-hydrogen) atoms. The zero-order valence-corrected chi connectivity index (χ0v) is 11.7. The number of hydrogen-bond acceptors (Lipinski definition) is 3. The molecule has 3 heterocycles. The van der Waals surface area contributed by atoms with Gasteiger partial charge in [0.2, 0.25) is 0 Å². The van der Waals surface area contributed by atoms with Crippen LogP contribution >= 0.6 is 0 Å². The molecule has 3 unspecified atom stereocenters. The van der Waals surface area contributed by atoms with Gasteiger partial charge in [0.15, 0.2) is 0 Å². The Hall–Kier alpha value is -1.70. The summed E-state index contributed by atoms with van der Waals surface area (Å²) in [5.41, 5.74) is -1.80. The van der Waals surface area contributed by atoms with Gasteiger partial charge in [-0.05, 0) is 25.3 Å². The summed E-state index contributed by atoms with van der Waals surface area (Å²) in [5, 5.41) is 2.73. The molecule has 120 valence electrons. The summed E-state index contributed by atoms with van der Waals surface area (Å²) >= 11 is 0. The minimum atomic E-state index is -4.82. The molecule has 1 N–H and O–H groups in total. The van der Waals surface area contributed by atoms with E-state index in [0.717, 1.165) is 25.9 Å². The van der Waals surface area contributed by atoms with Crippen LogP contribution in [0, 0.1) is 11.7 Å². The molecule has 1 aromatic rings. The van der Waals surface area contributed by atoms with Crippen molar-refractivity contribution < 1.29 is 22.4 Å². The van der Waals surface area contributed by atoms with Crippen LogP contribution in [0.2, 0.25) is 0 Å². The molecule has 2 bridgehead atoms. The van der Waals surface area contributed by atoms with Gasteiger partial charge in [-0.25, -0.2) is 4.39 Å². The third kappa shape index (κ3) is 3.06. The number of fused-ring (bicyclic) bond motifs is 2. The second-order valence-electron chi connectivity index (χ2n) is 5.87. The standard InChI is InChI=1S/C14H15F4N3O/c15-11-4-12(19-5-10(11)14(16,17)18)13(22)20-9-3-8-1-2-21(6-8)7-9/h4-5,8-9H,1-3,6-7H2,(H,20,22). The molecule has 3 rings (SSSR count). The first-order valence-corrected chi connectivity index (χ1v) is 7.09. The first-order valence-electron chi connectivity index (χ1n) is 7.09. The monoisotopic (exact) mass is 317 g/mol. The van der Waals surface area contributed by atoms with Crippen LogP contribution in [0.15, 0.2) is 12.3 Å². The van der Waals surface area contributed by atoms with Gasteiger partial charge in [-0.15, -0.1) is 0 Å². The van der Waals surface area contributed by atoms with Gasteiger partial charge in [0.1, 0.15) is 17.1 Å². The highest BCUT2D eigenvalue weighted by atomic mass is 19.4. The van der Waals surface area contributed by atoms with Crippen molar-refractivity contribution in [2.45, 2.75) is 25.1 Å². The van der Waals surface area contributed by atoms with Gasteiger partial charge < -0.3 is 10.2 Å². The maximum atomic E-state index is 13.5. The van der Waals surface area contributed by atoms with E-state index in [-0.39, 0.29) is 11.7 Å². The zero-order valence-electron chi connectivity index (χ0n) is 11.7. The first kappa shape index (κ1) is 15.2. The van der Waals surface area contributed by atoms with Gasteiger partial charge in [-0.1, -0.05) is 0 Å². The van der Waals surface area contributed by atoms with Crippen molar-refractivity contribution >= 4 is 5.91 Å². The quantitative estimate of drug-likeness (QED) is 0.849. The fraction of sp³-hybridized carbons (Fsp3) is 0.571. The predicted molar refractivity (Wildman–Crippen MR) is 69.6 cm³/mol. The maximum Gasteiger partial charge on any atom is 0.420 e. The van der Waals surface area contributed by atoms with Gasteiger partial charge in [0, 0.05) is 31.4 Å². The molecule has 3 atom stereocenters. The normalized spacial score (nSPS) is 27.7. The van der Waals surface area contributed by atoms with Crippen molar-refractivity contribution in [3.8, 4) is 0 Å². The number of nitrogens with zero attached hydrogens (tertiary/aromatic N) is 2. The zero-order chi connectivity index (χ0) is 15.9. The van der Waals surface area contributed by atoms with Crippen molar-refractivity contribution in [1.82, 2.24) is 15.2 Å². The van der Waals surface area contributed by atoms with Crippen LogP contribution in [-0.4, -0.2) is 41.5 Å². The largest absolute Gasteiger partial charge is 0.420 e. The molecule has 1 aromatic heterocycles.